The van der Waals surface area contributed by atoms with E-state index in [0.717, 1.165) is 51.6 Å². The predicted molar refractivity (Wildman–Crippen MR) is 82.0 cm³/mol. The van der Waals surface area contributed by atoms with Gasteiger partial charge in [-0.1, -0.05) is 39.5 Å². The Kier molecular flexibility index (Phi) is 7.70. The maximum Gasteiger partial charge on any atom is 0.255 e. The molecule has 0 aliphatic rings. The Morgan fingerprint density at radius 3 is 2.10 bits per heavy atom. The van der Waals surface area contributed by atoms with Gasteiger partial charge >= 0.3 is 0 Å². The van der Waals surface area contributed by atoms with Gasteiger partial charge in [0.2, 0.25) is 5.56 Å². The van der Waals surface area contributed by atoms with Gasteiger partial charge in [0.1, 0.15) is 0 Å². The van der Waals surface area contributed by atoms with Crippen LogP contribution in [0.4, 0.5) is 0 Å². The molecule has 1 rings (SSSR count). The number of nitrogens with one attached hydrogen (secondary N) is 1. The standard InChI is InChI=1S/C16H26N2O2/c1-3-5-7-11-18(12-8-6-4-2)16(20)14-9-10-15(19)17-13-14/h9-10,13H,3-8,11-12H2,1-2H3,(H,17,19). The van der Waals surface area contributed by atoms with Crippen molar-refractivity contribution in [1.82, 2.24) is 9.88 Å². The number of H-pyrrole nitrogens is 1. The SMILES string of the molecule is CCCCCN(CCCCC)C(=O)c1ccc(=O)[nH]c1. The Morgan fingerprint density at radius 2 is 1.65 bits per heavy atom. The molecule has 0 unspecified atom stereocenters. The number of amides is 1. The van der Waals surface area contributed by atoms with E-state index in [9.17, 15) is 9.59 Å². The van der Waals surface area contributed by atoms with Gasteiger partial charge in [0.25, 0.3) is 5.91 Å². The molecule has 0 aromatic carbocycles. The zero-order chi connectivity index (χ0) is 14.8. The van der Waals surface area contributed by atoms with Gasteiger partial charge in [-0.15, -0.1) is 0 Å². The van der Waals surface area contributed by atoms with Crippen molar-refractivity contribution in [2.75, 3.05) is 13.1 Å². The summed E-state index contributed by atoms with van der Waals surface area (Å²) >= 11 is 0. The minimum absolute atomic E-state index is 0.0217. The number of hydrogen-bond acceptors (Lipinski definition) is 2. The van der Waals surface area contributed by atoms with Crippen molar-refractivity contribution in [1.29, 1.82) is 0 Å². The Hall–Kier alpha value is -1.58. The second-order valence-corrected chi connectivity index (χ2v) is 5.15. The molecule has 20 heavy (non-hydrogen) atoms. The largest absolute Gasteiger partial charge is 0.339 e. The third kappa shape index (κ3) is 5.59. The van der Waals surface area contributed by atoms with Crippen LogP contribution in [-0.4, -0.2) is 28.9 Å². The van der Waals surface area contributed by atoms with Crippen LogP contribution in [0.3, 0.4) is 0 Å². The summed E-state index contributed by atoms with van der Waals surface area (Å²) in [6.07, 6.45) is 8.17. The highest BCUT2D eigenvalue weighted by molar-refractivity contribution is 5.93. The second-order valence-electron chi connectivity index (χ2n) is 5.15. The van der Waals surface area contributed by atoms with E-state index in [1.54, 1.807) is 6.07 Å². The lowest BCUT2D eigenvalue weighted by Crippen LogP contribution is -2.33. The molecule has 4 nitrogen and oxygen atoms in total. The number of carbonyl (C=O) groups is 1. The molecule has 0 bridgehead atoms. The average molecular weight is 278 g/mol. The van der Waals surface area contributed by atoms with Gasteiger partial charge < -0.3 is 9.88 Å². The predicted octanol–water partition coefficient (Wildman–Crippen LogP) is 3.20. The van der Waals surface area contributed by atoms with Crippen molar-refractivity contribution in [2.24, 2.45) is 0 Å². The highest BCUT2D eigenvalue weighted by atomic mass is 16.2. The fourth-order valence-electron chi connectivity index (χ4n) is 2.15. The molecule has 1 N–H and O–H groups in total. The van der Waals surface area contributed by atoms with Crippen LogP contribution in [0.1, 0.15) is 62.7 Å². The first-order valence-corrected chi connectivity index (χ1v) is 7.67. The molecule has 0 spiro atoms. The molecule has 1 aromatic rings. The third-order valence-electron chi connectivity index (χ3n) is 3.38. The molecular formula is C16H26N2O2. The molecule has 1 aromatic heterocycles. The molecule has 0 saturated heterocycles. The maximum absolute atomic E-state index is 12.4. The molecule has 0 atom stereocenters. The van der Waals surface area contributed by atoms with E-state index in [1.807, 2.05) is 4.90 Å². The number of hydrogen-bond donors (Lipinski definition) is 1. The quantitative estimate of drug-likeness (QED) is 0.705. The van der Waals surface area contributed by atoms with Crippen LogP contribution in [0.25, 0.3) is 0 Å². The highest BCUT2D eigenvalue weighted by Crippen LogP contribution is 2.08. The van der Waals surface area contributed by atoms with Gasteiger partial charge in [-0.05, 0) is 18.9 Å². The second kappa shape index (κ2) is 9.34. The third-order valence-corrected chi connectivity index (χ3v) is 3.38. The summed E-state index contributed by atoms with van der Waals surface area (Å²) < 4.78 is 0. The van der Waals surface area contributed by atoms with Crippen LogP contribution in [0.2, 0.25) is 0 Å². The number of aromatic amines is 1. The van der Waals surface area contributed by atoms with Gasteiger partial charge in [-0.25, -0.2) is 0 Å². The van der Waals surface area contributed by atoms with Crippen molar-refractivity contribution in [3.05, 3.63) is 34.2 Å². The number of aromatic nitrogens is 1. The van der Waals surface area contributed by atoms with Crippen molar-refractivity contribution in [3.63, 3.8) is 0 Å². The lowest BCUT2D eigenvalue weighted by molar-refractivity contribution is 0.0749. The average Bonchev–Trinajstić information content (AvgIpc) is 2.46. The minimum Gasteiger partial charge on any atom is -0.339 e. The fourth-order valence-corrected chi connectivity index (χ4v) is 2.15. The van der Waals surface area contributed by atoms with Gasteiger partial charge in [0.15, 0.2) is 0 Å². The van der Waals surface area contributed by atoms with E-state index >= 15 is 0 Å². The molecule has 112 valence electrons. The first-order valence-electron chi connectivity index (χ1n) is 7.67. The number of unbranched alkanes of at least 4 members (excludes halogenated alkanes) is 4. The number of pyridine rings is 1. The molecule has 1 amide bonds. The summed E-state index contributed by atoms with van der Waals surface area (Å²) in [4.78, 5) is 28.0. The van der Waals surface area contributed by atoms with Crippen LogP contribution in [-0.2, 0) is 0 Å². The summed E-state index contributed by atoms with van der Waals surface area (Å²) in [5, 5.41) is 0. The zero-order valence-corrected chi connectivity index (χ0v) is 12.7. The molecule has 0 aliphatic heterocycles. The van der Waals surface area contributed by atoms with Crippen molar-refractivity contribution < 1.29 is 4.79 Å². The first kappa shape index (κ1) is 16.5. The van der Waals surface area contributed by atoms with Gasteiger partial charge in [0, 0.05) is 25.4 Å². The molecule has 0 radical (unpaired) electrons. The molecule has 0 saturated carbocycles. The topological polar surface area (TPSA) is 53.2 Å². The van der Waals surface area contributed by atoms with E-state index in [4.69, 9.17) is 0 Å². The van der Waals surface area contributed by atoms with Crippen molar-refractivity contribution in [3.8, 4) is 0 Å². The Balaban J connectivity index is 2.66. The monoisotopic (exact) mass is 278 g/mol. The Labute approximate surface area is 121 Å². The van der Waals surface area contributed by atoms with Gasteiger partial charge in [0.05, 0.1) is 5.56 Å². The lowest BCUT2D eigenvalue weighted by Gasteiger charge is -2.22. The van der Waals surface area contributed by atoms with E-state index in [0.29, 0.717) is 5.56 Å². The summed E-state index contributed by atoms with van der Waals surface area (Å²) in [6.45, 7) is 5.92. The summed E-state index contributed by atoms with van der Waals surface area (Å²) in [6, 6.07) is 3.01. The van der Waals surface area contributed by atoms with Crippen molar-refractivity contribution >= 4 is 5.91 Å². The number of nitrogens with zero attached hydrogens (tertiary/aromatic N) is 1. The van der Waals surface area contributed by atoms with E-state index in [-0.39, 0.29) is 11.5 Å². The van der Waals surface area contributed by atoms with E-state index in [2.05, 4.69) is 18.8 Å². The fraction of sp³-hybridized carbons (Fsp3) is 0.625. The number of carbonyl (C=O) groups excluding carboxylic acids is 1. The van der Waals surface area contributed by atoms with E-state index < -0.39 is 0 Å². The van der Waals surface area contributed by atoms with Gasteiger partial charge in [-0.3, -0.25) is 9.59 Å². The van der Waals surface area contributed by atoms with Crippen LogP contribution in [0, 0.1) is 0 Å². The first-order chi connectivity index (χ1) is 9.69. The Morgan fingerprint density at radius 1 is 1.05 bits per heavy atom. The summed E-state index contributed by atoms with van der Waals surface area (Å²) in [5.41, 5.74) is 0.391. The van der Waals surface area contributed by atoms with Crippen LogP contribution < -0.4 is 5.56 Å². The molecule has 1 heterocycles. The smallest absolute Gasteiger partial charge is 0.255 e. The van der Waals surface area contributed by atoms with Gasteiger partial charge in [-0.2, -0.15) is 0 Å². The van der Waals surface area contributed by atoms with Crippen molar-refractivity contribution in [2.45, 2.75) is 52.4 Å². The molecule has 0 fully saturated rings. The number of rotatable bonds is 9. The maximum atomic E-state index is 12.4. The lowest BCUT2D eigenvalue weighted by atomic mass is 10.2. The summed E-state index contributed by atoms with van der Waals surface area (Å²) in [5.74, 6) is 0.0217. The molecule has 4 heteroatoms. The van der Waals surface area contributed by atoms with E-state index in [1.165, 1.54) is 12.3 Å². The van der Waals surface area contributed by atoms with Crippen LogP contribution in [0.15, 0.2) is 23.1 Å². The molecular weight excluding hydrogens is 252 g/mol. The van der Waals surface area contributed by atoms with Crippen LogP contribution in [0.5, 0.6) is 0 Å². The Bertz CT molecular complexity index is 424. The highest BCUT2D eigenvalue weighted by Gasteiger charge is 2.14. The molecule has 0 aliphatic carbocycles. The normalized spacial score (nSPS) is 10.5. The summed E-state index contributed by atoms with van der Waals surface area (Å²) in [7, 11) is 0. The minimum atomic E-state index is -0.176. The van der Waals surface area contributed by atoms with Crippen LogP contribution >= 0.6 is 0 Å². The zero-order valence-electron chi connectivity index (χ0n) is 12.7.